The van der Waals surface area contributed by atoms with Gasteiger partial charge in [0.05, 0.1) is 6.61 Å². The molecule has 2 rings (SSSR count). The Morgan fingerprint density at radius 1 is 1.21 bits per heavy atom. The van der Waals surface area contributed by atoms with Gasteiger partial charge in [0.25, 0.3) is 5.91 Å². The number of carbonyl (C=O) groups excluding carboxylic acids is 1. The molecule has 0 unspecified atom stereocenters. The summed E-state index contributed by atoms with van der Waals surface area (Å²) in [4.78, 5) is 16.3. The number of nitrogens with zero attached hydrogens (tertiary/aromatic N) is 2. The van der Waals surface area contributed by atoms with Gasteiger partial charge < -0.3 is 15.4 Å². The van der Waals surface area contributed by atoms with Crippen molar-refractivity contribution in [3.8, 4) is 0 Å². The first-order valence-corrected chi connectivity index (χ1v) is 6.44. The third-order valence-corrected chi connectivity index (χ3v) is 3.37. The number of hydrogen-bond acceptors (Lipinski definition) is 5. The number of amides is 1. The number of aliphatic hydroxyl groups excluding tert-OH is 1. The van der Waals surface area contributed by atoms with Gasteiger partial charge in [-0.25, -0.2) is 0 Å². The van der Waals surface area contributed by atoms with Crippen LogP contribution in [-0.2, 0) is 0 Å². The number of nitrogen functional groups attached to an aromatic ring is 1. The zero-order valence-electron chi connectivity index (χ0n) is 10.9. The molecule has 0 aromatic heterocycles. The molecule has 0 saturated carbocycles. The van der Waals surface area contributed by atoms with Crippen molar-refractivity contribution in [3.05, 3.63) is 29.8 Å². The van der Waals surface area contributed by atoms with Gasteiger partial charge in [-0.1, -0.05) is 0 Å². The molecule has 6 nitrogen and oxygen atoms in total. The highest BCUT2D eigenvalue weighted by Gasteiger charge is 2.21. The van der Waals surface area contributed by atoms with Gasteiger partial charge in [-0.3, -0.25) is 15.5 Å². The maximum atomic E-state index is 12.3. The topological polar surface area (TPSA) is 81.8 Å². The predicted molar refractivity (Wildman–Crippen MR) is 73.7 cm³/mol. The second-order valence-electron chi connectivity index (χ2n) is 4.58. The van der Waals surface area contributed by atoms with Crippen LogP contribution in [0.25, 0.3) is 0 Å². The molecule has 4 N–H and O–H groups in total. The molecule has 0 aliphatic carbocycles. The molecule has 0 atom stereocenters. The third-order valence-electron chi connectivity index (χ3n) is 3.37. The van der Waals surface area contributed by atoms with Crippen LogP contribution in [0.1, 0.15) is 10.4 Å². The molecule has 0 spiro atoms. The van der Waals surface area contributed by atoms with Crippen LogP contribution in [0.15, 0.2) is 24.3 Å². The molecule has 1 aromatic rings. The van der Waals surface area contributed by atoms with E-state index in [0.29, 0.717) is 25.2 Å². The summed E-state index contributed by atoms with van der Waals surface area (Å²) >= 11 is 0. The number of nitrogens with two attached hydrogens (primary N) is 1. The van der Waals surface area contributed by atoms with Crippen molar-refractivity contribution >= 4 is 11.6 Å². The lowest BCUT2D eigenvalue weighted by molar-refractivity contribution is 0.0615. The number of aliphatic hydroxyl groups is 1. The van der Waals surface area contributed by atoms with Crippen molar-refractivity contribution in [2.24, 2.45) is 5.84 Å². The lowest BCUT2D eigenvalue weighted by atomic mass is 10.1. The van der Waals surface area contributed by atoms with Crippen LogP contribution in [0, 0.1) is 0 Å². The SMILES string of the molecule is NNc1ccc(C(=O)N2CCN(CCO)CC2)cc1. The first-order chi connectivity index (χ1) is 9.24. The van der Waals surface area contributed by atoms with Crippen LogP contribution in [0.4, 0.5) is 5.69 Å². The predicted octanol–water partition coefficient (Wildman–Crippen LogP) is -0.278. The van der Waals surface area contributed by atoms with Gasteiger partial charge in [0.1, 0.15) is 0 Å². The summed E-state index contributed by atoms with van der Waals surface area (Å²) in [5, 5.41) is 8.88. The van der Waals surface area contributed by atoms with E-state index >= 15 is 0 Å². The van der Waals surface area contributed by atoms with Crippen molar-refractivity contribution in [2.45, 2.75) is 0 Å². The second-order valence-corrected chi connectivity index (χ2v) is 4.58. The zero-order valence-corrected chi connectivity index (χ0v) is 10.9. The second kappa shape index (κ2) is 6.51. The summed E-state index contributed by atoms with van der Waals surface area (Å²) in [6.07, 6.45) is 0. The number of carbonyl (C=O) groups is 1. The Bertz CT molecular complexity index is 413. The van der Waals surface area contributed by atoms with Crippen molar-refractivity contribution in [1.82, 2.24) is 9.80 Å². The molecular formula is C13H20N4O2. The molecule has 1 amide bonds. The van der Waals surface area contributed by atoms with Crippen LogP contribution < -0.4 is 11.3 Å². The first kappa shape index (κ1) is 13.8. The Labute approximate surface area is 112 Å². The van der Waals surface area contributed by atoms with Crippen molar-refractivity contribution < 1.29 is 9.90 Å². The standard InChI is InChI=1S/C13H20N4O2/c14-15-12-3-1-11(2-4-12)13(19)17-7-5-16(6-8-17)9-10-18/h1-4,15,18H,5-10,14H2. The summed E-state index contributed by atoms with van der Waals surface area (Å²) in [5.74, 6) is 5.34. The van der Waals surface area contributed by atoms with Gasteiger partial charge in [-0.15, -0.1) is 0 Å². The van der Waals surface area contributed by atoms with Crippen molar-refractivity contribution in [3.63, 3.8) is 0 Å². The Kier molecular flexibility index (Phi) is 4.73. The van der Waals surface area contributed by atoms with Gasteiger partial charge in [-0.2, -0.15) is 0 Å². The van der Waals surface area contributed by atoms with Gasteiger partial charge in [-0.05, 0) is 24.3 Å². The summed E-state index contributed by atoms with van der Waals surface area (Å²) in [6, 6.07) is 7.12. The van der Waals surface area contributed by atoms with E-state index < -0.39 is 0 Å². The molecule has 1 aromatic carbocycles. The molecule has 1 fully saturated rings. The van der Waals surface area contributed by atoms with Gasteiger partial charge >= 0.3 is 0 Å². The fraction of sp³-hybridized carbons (Fsp3) is 0.462. The minimum Gasteiger partial charge on any atom is -0.395 e. The highest BCUT2D eigenvalue weighted by Crippen LogP contribution is 2.12. The van der Waals surface area contributed by atoms with E-state index in [4.69, 9.17) is 10.9 Å². The summed E-state index contributed by atoms with van der Waals surface area (Å²) in [6.45, 7) is 3.88. The van der Waals surface area contributed by atoms with E-state index in [0.717, 1.165) is 18.8 Å². The van der Waals surface area contributed by atoms with E-state index in [1.807, 2.05) is 4.90 Å². The maximum Gasteiger partial charge on any atom is 0.253 e. The van der Waals surface area contributed by atoms with Gasteiger partial charge in [0, 0.05) is 44.0 Å². The Balaban J connectivity index is 1.93. The smallest absolute Gasteiger partial charge is 0.253 e. The summed E-state index contributed by atoms with van der Waals surface area (Å²) in [5.41, 5.74) is 3.99. The van der Waals surface area contributed by atoms with Crippen LogP contribution in [-0.4, -0.2) is 60.1 Å². The first-order valence-electron chi connectivity index (χ1n) is 6.44. The van der Waals surface area contributed by atoms with Gasteiger partial charge in [0.2, 0.25) is 0 Å². The van der Waals surface area contributed by atoms with Crippen LogP contribution in [0.3, 0.4) is 0 Å². The highest BCUT2D eigenvalue weighted by molar-refractivity contribution is 5.94. The van der Waals surface area contributed by atoms with E-state index in [-0.39, 0.29) is 12.5 Å². The minimum absolute atomic E-state index is 0.0484. The fourth-order valence-corrected chi connectivity index (χ4v) is 2.21. The van der Waals surface area contributed by atoms with E-state index in [1.165, 1.54) is 0 Å². The average Bonchev–Trinajstić information content (AvgIpc) is 2.48. The van der Waals surface area contributed by atoms with Crippen LogP contribution >= 0.6 is 0 Å². The molecule has 1 aliphatic rings. The quantitative estimate of drug-likeness (QED) is 0.515. The lowest BCUT2D eigenvalue weighted by Gasteiger charge is -2.34. The molecular weight excluding hydrogens is 244 g/mol. The molecule has 19 heavy (non-hydrogen) atoms. The number of benzene rings is 1. The number of piperazine rings is 1. The third kappa shape index (κ3) is 3.44. The van der Waals surface area contributed by atoms with Crippen molar-refractivity contribution in [1.29, 1.82) is 0 Å². The molecule has 1 aliphatic heterocycles. The van der Waals surface area contributed by atoms with Gasteiger partial charge in [0.15, 0.2) is 0 Å². The number of hydrazine groups is 1. The lowest BCUT2D eigenvalue weighted by Crippen LogP contribution is -2.49. The molecule has 6 heteroatoms. The Hall–Kier alpha value is -1.63. The average molecular weight is 264 g/mol. The van der Waals surface area contributed by atoms with E-state index in [1.54, 1.807) is 24.3 Å². The molecule has 104 valence electrons. The van der Waals surface area contributed by atoms with E-state index in [9.17, 15) is 4.79 Å². The summed E-state index contributed by atoms with van der Waals surface area (Å²) in [7, 11) is 0. The monoisotopic (exact) mass is 264 g/mol. The molecule has 0 bridgehead atoms. The number of β-amino-alcohol motifs (C(OH)–C–C–N with tert-alkyl or cyclic N) is 1. The Morgan fingerprint density at radius 3 is 2.37 bits per heavy atom. The normalized spacial score (nSPS) is 16.4. The number of anilines is 1. The minimum atomic E-state index is 0.0484. The summed E-state index contributed by atoms with van der Waals surface area (Å²) < 4.78 is 0. The highest BCUT2D eigenvalue weighted by atomic mass is 16.3. The van der Waals surface area contributed by atoms with E-state index in [2.05, 4.69) is 10.3 Å². The Morgan fingerprint density at radius 2 is 1.84 bits per heavy atom. The fourth-order valence-electron chi connectivity index (χ4n) is 2.21. The molecule has 1 heterocycles. The molecule has 1 saturated heterocycles. The number of rotatable bonds is 4. The zero-order chi connectivity index (χ0) is 13.7. The number of nitrogens with one attached hydrogen (secondary N) is 1. The van der Waals surface area contributed by atoms with Crippen LogP contribution in [0.5, 0.6) is 0 Å². The molecule has 0 radical (unpaired) electrons. The van der Waals surface area contributed by atoms with Crippen LogP contribution in [0.2, 0.25) is 0 Å². The van der Waals surface area contributed by atoms with Crippen molar-refractivity contribution in [2.75, 3.05) is 44.8 Å². The number of hydrogen-bond donors (Lipinski definition) is 3. The maximum absolute atomic E-state index is 12.3. The largest absolute Gasteiger partial charge is 0.395 e.